The molecule has 1 aliphatic carbocycles. The molecule has 3 nitrogen and oxygen atoms in total. The lowest BCUT2D eigenvalue weighted by Gasteiger charge is -2.33. The number of ether oxygens (including phenoxy) is 1. The molecule has 0 saturated heterocycles. The van der Waals surface area contributed by atoms with Gasteiger partial charge < -0.3 is 10.5 Å². The minimum atomic E-state index is 0.361. The predicted molar refractivity (Wildman–Crippen MR) is 57.7 cm³/mol. The lowest BCUT2D eigenvalue weighted by atomic mass is 9.82. The number of nitrogens with two attached hydrogens (primary N) is 1. The Labute approximate surface area is 88.3 Å². The Morgan fingerprint density at radius 1 is 1.64 bits per heavy atom. The summed E-state index contributed by atoms with van der Waals surface area (Å²) in [6.07, 6.45) is 3.53. The SMILES string of the molecule is CCc1csc(OC2CC(CN)C2)n1. The van der Waals surface area contributed by atoms with Gasteiger partial charge in [0.15, 0.2) is 0 Å². The van der Waals surface area contributed by atoms with Crippen LogP contribution in [0.5, 0.6) is 5.19 Å². The molecule has 1 saturated carbocycles. The van der Waals surface area contributed by atoms with Crippen LogP contribution in [0.4, 0.5) is 0 Å². The highest BCUT2D eigenvalue weighted by Gasteiger charge is 2.30. The molecule has 1 aliphatic rings. The van der Waals surface area contributed by atoms with Crippen molar-refractivity contribution in [1.82, 2.24) is 4.98 Å². The fourth-order valence-electron chi connectivity index (χ4n) is 1.61. The van der Waals surface area contributed by atoms with Crippen molar-refractivity contribution in [3.05, 3.63) is 11.1 Å². The molecule has 0 amide bonds. The first kappa shape index (κ1) is 9.93. The number of aryl methyl sites for hydroxylation is 1. The van der Waals surface area contributed by atoms with Gasteiger partial charge >= 0.3 is 0 Å². The second-order valence-corrected chi connectivity index (χ2v) is 4.59. The van der Waals surface area contributed by atoms with Crippen molar-refractivity contribution in [1.29, 1.82) is 0 Å². The number of nitrogens with zero attached hydrogens (tertiary/aromatic N) is 1. The Kier molecular flexibility index (Phi) is 3.03. The molecule has 1 fully saturated rings. The zero-order chi connectivity index (χ0) is 9.97. The van der Waals surface area contributed by atoms with Crippen molar-refractivity contribution in [2.75, 3.05) is 6.54 Å². The van der Waals surface area contributed by atoms with Crippen molar-refractivity contribution in [2.24, 2.45) is 11.7 Å². The van der Waals surface area contributed by atoms with Gasteiger partial charge in [-0.3, -0.25) is 0 Å². The van der Waals surface area contributed by atoms with Gasteiger partial charge in [0.25, 0.3) is 5.19 Å². The van der Waals surface area contributed by atoms with E-state index in [2.05, 4.69) is 17.3 Å². The summed E-state index contributed by atoms with van der Waals surface area (Å²) >= 11 is 1.60. The Morgan fingerprint density at radius 3 is 3.00 bits per heavy atom. The molecule has 1 aromatic rings. The smallest absolute Gasteiger partial charge is 0.273 e. The molecule has 0 spiro atoms. The molecular formula is C10H16N2OS. The number of thiazole rings is 1. The average Bonchev–Trinajstić information content (AvgIpc) is 2.58. The molecule has 0 radical (unpaired) electrons. The minimum Gasteiger partial charge on any atom is -0.467 e. The van der Waals surface area contributed by atoms with E-state index >= 15 is 0 Å². The minimum absolute atomic E-state index is 0.361. The molecule has 1 aromatic heterocycles. The first-order valence-electron chi connectivity index (χ1n) is 5.13. The fraction of sp³-hybridized carbons (Fsp3) is 0.700. The summed E-state index contributed by atoms with van der Waals surface area (Å²) in [5, 5.41) is 2.89. The van der Waals surface area contributed by atoms with E-state index in [1.807, 2.05) is 0 Å². The third-order valence-corrected chi connectivity index (χ3v) is 3.47. The quantitative estimate of drug-likeness (QED) is 0.828. The average molecular weight is 212 g/mol. The van der Waals surface area contributed by atoms with Gasteiger partial charge in [-0.2, -0.15) is 0 Å². The normalized spacial score (nSPS) is 25.9. The van der Waals surface area contributed by atoms with Crippen LogP contribution in [0.2, 0.25) is 0 Å². The standard InChI is InChI=1S/C10H16N2OS/c1-2-8-6-14-10(12-8)13-9-3-7(4-9)5-11/h6-7,9H,2-5,11H2,1H3. The number of hydrogen-bond donors (Lipinski definition) is 1. The highest BCUT2D eigenvalue weighted by atomic mass is 32.1. The van der Waals surface area contributed by atoms with Gasteiger partial charge in [0.05, 0.1) is 5.69 Å². The van der Waals surface area contributed by atoms with E-state index in [1.54, 1.807) is 11.3 Å². The molecule has 14 heavy (non-hydrogen) atoms. The molecule has 0 bridgehead atoms. The molecule has 2 N–H and O–H groups in total. The molecule has 0 aromatic carbocycles. The van der Waals surface area contributed by atoms with Crippen LogP contribution in [0.1, 0.15) is 25.5 Å². The van der Waals surface area contributed by atoms with E-state index in [4.69, 9.17) is 10.5 Å². The molecular weight excluding hydrogens is 196 g/mol. The van der Waals surface area contributed by atoms with Crippen LogP contribution in [-0.2, 0) is 6.42 Å². The van der Waals surface area contributed by atoms with Crippen LogP contribution in [0.15, 0.2) is 5.38 Å². The number of rotatable bonds is 4. The van der Waals surface area contributed by atoms with E-state index in [-0.39, 0.29) is 0 Å². The Hall–Kier alpha value is -0.610. The third kappa shape index (κ3) is 2.07. The second kappa shape index (κ2) is 4.28. The van der Waals surface area contributed by atoms with Crippen LogP contribution in [0, 0.1) is 5.92 Å². The summed E-state index contributed by atoms with van der Waals surface area (Å²) in [5.41, 5.74) is 6.67. The van der Waals surface area contributed by atoms with E-state index in [9.17, 15) is 0 Å². The maximum atomic E-state index is 5.72. The van der Waals surface area contributed by atoms with Gasteiger partial charge in [-0.1, -0.05) is 18.3 Å². The number of aromatic nitrogens is 1. The van der Waals surface area contributed by atoms with Crippen molar-refractivity contribution >= 4 is 11.3 Å². The number of hydrogen-bond acceptors (Lipinski definition) is 4. The van der Waals surface area contributed by atoms with E-state index in [0.717, 1.165) is 36.7 Å². The first-order chi connectivity index (χ1) is 6.81. The largest absolute Gasteiger partial charge is 0.467 e. The maximum Gasteiger partial charge on any atom is 0.273 e. The molecule has 4 heteroatoms. The van der Waals surface area contributed by atoms with Crippen LogP contribution < -0.4 is 10.5 Å². The highest BCUT2D eigenvalue weighted by molar-refractivity contribution is 7.11. The molecule has 78 valence electrons. The Bertz CT molecular complexity index is 294. The first-order valence-corrected chi connectivity index (χ1v) is 6.01. The second-order valence-electron chi connectivity index (χ2n) is 3.77. The van der Waals surface area contributed by atoms with Crippen molar-refractivity contribution < 1.29 is 4.74 Å². The molecule has 2 rings (SSSR count). The van der Waals surface area contributed by atoms with Crippen molar-refractivity contribution in [3.8, 4) is 5.19 Å². The molecule has 0 unspecified atom stereocenters. The van der Waals surface area contributed by atoms with Gasteiger partial charge in [-0.15, -0.1) is 0 Å². The summed E-state index contributed by atoms with van der Waals surface area (Å²) in [6.45, 7) is 2.89. The topological polar surface area (TPSA) is 48.1 Å². The zero-order valence-electron chi connectivity index (χ0n) is 8.40. The Balaban J connectivity index is 1.81. The van der Waals surface area contributed by atoms with Crippen LogP contribution in [0.25, 0.3) is 0 Å². The van der Waals surface area contributed by atoms with Crippen LogP contribution in [-0.4, -0.2) is 17.6 Å². The summed E-state index contributed by atoms with van der Waals surface area (Å²) in [4.78, 5) is 4.37. The highest BCUT2D eigenvalue weighted by Crippen LogP contribution is 2.31. The summed E-state index contributed by atoms with van der Waals surface area (Å²) in [6, 6.07) is 0. The van der Waals surface area contributed by atoms with Crippen molar-refractivity contribution in [3.63, 3.8) is 0 Å². The summed E-state index contributed by atoms with van der Waals surface area (Å²) in [7, 11) is 0. The third-order valence-electron chi connectivity index (χ3n) is 2.69. The summed E-state index contributed by atoms with van der Waals surface area (Å²) < 4.78 is 5.72. The van der Waals surface area contributed by atoms with E-state index in [0.29, 0.717) is 12.0 Å². The maximum absolute atomic E-state index is 5.72. The summed E-state index contributed by atoms with van der Waals surface area (Å²) in [5.74, 6) is 0.672. The molecule has 1 heterocycles. The zero-order valence-corrected chi connectivity index (χ0v) is 9.22. The van der Waals surface area contributed by atoms with Gasteiger partial charge in [0.2, 0.25) is 0 Å². The van der Waals surface area contributed by atoms with Gasteiger partial charge in [0, 0.05) is 5.38 Å². The van der Waals surface area contributed by atoms with Crippen LogP contribution >= 0.6 is 11.3 Å². The fourth-order valence-corrected chi connectivity index (χ4v) is 2.43. The van der Waals surface area contributed by atoms with Crippen LogP contribution in [0.3, 0.4) is 0 Å². The monoisotopic (exact) mass is 212 g/mol. The van der Waals surface area contributed by atoms with E-state index in [1.165, 1.54) is 0 Å². The van der Waals surface area contributed by atoms with Crippen molar-refractivity contribution in [2.45, 2.75) is 32.3 Å². The van der Waals surface area contributed by atoms with Gasteiger partial charge in [-0.25, -0.2) is 4.98 Å². The lowest BCUT2D eigenvalue weighted by molar-refractivity contribution is 0.0686. The predicted octanol–water partition coefficient (Wildman–Crippen LogP) is 1.82. The Morgan fingerprint density at radius 2 is 2.43 bits per heavy atom. The van der Waals surface area contributed by atoms with E-state index < -0.39 is 0 Å². The molecule has 0 aliphatic heterocycles. The van der Waals surface area contributed by atoms with Gasteiger partial charge in [-0.05, 0) is 31.7 Å². The molecule has 0 atom stereocenters. The lowest BCUT2D eigenvalue weighted by Crippen LogP contribution is -2.37. The van der Waals surface area contributed by atoms with Gasteiger partial charge in [0.1, 0.15) is 6.10 Å².